The number of H-pyrrole nitrogens is 1. The van der Waals surface area contributed by atoms with Crippen molar-refractivity contribution in [1.82, 2.24) is 15.2 Å². The highest BCUT2D eigenvalue weighted by Crippen LogP contribution is 2.39. The van der Waals surface area contributed by atoms with E-state index in [0.29, 0.717) is 5.46 Å². The zero-order valence-corrected chi connectivity index (χ0v) is 14.5. The Bertz CT molecular complexity index is 1130. The predicted molar refractivity (Wildman–Crippen MR) is 101 cm³/mol. The van der Waals surface area contributed by atoms with Gasteiger partial charge in [0.1, 0.15) is 0 Å². The van der Waals surface area contributed by atoms with Crippen LogP contribution in [-0.4, -0.2) is 32.3 Å². The highest BCUT2D eigenvalue weighted by Gasteiger charge is 2.27. The number of hydrogen-bond donors (Lipinski definition) is 3. The first-order valence-electron chi connectivity index (χ1n) is 8.38. The highest BCUT2D eigenvalue weighted by molar-refractivity contribution is 7.15. The Morgan fingerprint density at radius 2 is 1.88 bits per heavy atom. The number of aromatic amines is 1. The molecule has 3 heterocycles. The summed E-state index contributed by atoms with van der Waals surface area (Å²) in [7, 11) is -1.48. The topological polar surface area (TPSA) is 82.0 Å². The molecule has 5 rings (SSSR count). The number of hydrogen-bond acceptors (Lipinski definition) is 5. The molecule has 0 saturated heterocycles. The predicted octanol–water partition coefficient (Wildman–Crippen LogP) is 2.32. The van der Waals surface area contributed by atoms with Crippen LogP contribution in [0.5, 0.6) is 0 Å². The highest BCUT2D eigenvalue weighted by atomic mass is 32.1. The molecular formula is C18H16BN3O2S. The van der Waals surface area contributed by atoms with Crippen molar-refractivity contribution in [2.45, 2.75) is 26.2 Å². The molecule has 7 heteroatoms. The van der Waals surface area contributed by atoms with Gasteiger partial charge in [-0.1, -0.05) is 6.07 Å². The molecule has 0 aliphatic heterocycles. The standard InChI is InChI=1S/C18H16BN3O2S/c1-9-15-14(22-21-9)6-5-13-16(15)10-3-2-4-11(10)17(20-13)18-12(19(23)24)7-8-25-18/h5-8,23-24H,2-4H2,1H3,(H,21,22). The number of nitrogens with one attached hydrogen (secondary N) is 1. The van der Waals surface area contributed by atoms with Crippen molar-refractivity contribution in [3.05, 3.63) is 40.4 Å². The summed E-state index contributed by atoms with van der Waals surface area (Å²) >= 11 is 1.51. The van der Waals surface area contributed by atoms with E-state index in [0.717, 1.165) is 51.9 Å². The third-order valence-corrected chi connectivity index (χ3v) is 6.04. The van der Waals surface area contributed by atoms with Gasteiger partial charge in [0.25, 0.3) is 0 Å². The molecule has 1 aliphatic carbocycles. The van der Waals surface area contributed by atoms with Gasteiger partial charge in [-0.3, -0.25) is 5.10 Å². The van der Waals surface area contributed by atoms with Crippen LogP contribution in [-0.2, 0) is 12.8 Å². The molecule has 4 aromatic rings. The molecule has 0 amide bonds. The number of pyridine rings is 1. The molecule has 124 valence electrons. The normalized spacial score (nSPS) is 13.7. The van der Waals surface area contributed by atoms with E-state index < -0.39 is 7.12 Å². The Hall–Kier alpha value is -2.22. The fourth-order valence-electron chi connectivity index (χ4n) is 4.02. The van der Waals surface area contributed by atoms with Crippen LogP contribution in [0, 0.1) is 6.92 Å². The molecule has 3 N–H and O–H groups in total. The van der Waals surface area contributed by atoms with E-state index in [1.807, 2.05) is 24.4 Å². The average molecular weight is 349 g/mol. The van der Waals surface area contributed by atoms with Crippen molar-refractivity contribution in [2.75, 3.05) is 0 Å². The second kappa shape index (κ2) is 5.39. The first-order valence-corrected chi connectivity index (χ1v) is 9.26. The molecule has 1 aromatic carbocycles. The Morgan fingerprint density at radius 1 is 1.08 bits per heavy atom. The van der Waals surface area contributed by atoms with Crippen LogP contribution in [0.3, 0.4) is 0 Å². The van der Waals surface area contributed by atoms with Crippen LogP contribution in [0.15, 0.2) is 23.6 Å². The fraction of sp³-hybridized carbons (Fsp3) is 0.222. The number of rotatable bonds is 2. The Kier molecular flexibility index (Phi) is 3.25. The van der Waals surface area contributed by atoms with E-state index in [1.165, 1.54) is 27.8 Å². The van der Waals surface area contributed by atoms with Crippen LogP contribution in [0.1, 0.15) is 23.2 Å². The van der Waals surface area contributed by atoms with Crippen LogP contribution in [0.2, 0.25) is 0 Å². The van der Waals surface area contributed by atoms with Gasteiger partial charge in [0.15, 0.2) is 0 Å². The van der Waals surface area contributed by atoms with E-state index >= 15 is 0 Å². The summed E-state index contributed by atoms with van der Waals surface area (Å²) in [6, 6.07) is 5.78. The van der Waals surface area contributed by atoms with Gasteiger partial charge in [-0.2, -0.15) is 5.10 Å². The summed E-state index contributed by atoms with van der Waals surface area (Å²) in [5, 5.41) is 31.1. The first-order chi connectivity index (χ1) is 12.1. The summed E-state index contributed by atoms with van der Waals surface area (Å²) < 4.78 is 0. The molecule has 0 atom stereocenters. The molecule has 0 unspecified atom stereocenters. The lowest BCUT2D eigenvalue weighted by atomic mass is 9.79. The summed E-state index contributed by atoms with van der Waals surface area (Å²) in [6.45, 7) is 2.05. The maximum absolute atomic E-state index is 9.69. The van der Waals surface area contributed by atoms with Crippen LogP contribution in [0.25, 0.3) is 32.4 Å². The Labute approximate surface area is 148 Å². The van der Waals surface area contributed by atoms with E-state index in [1.54, 1.807) is 6.07 Å². The fourth-order valence-corrected chi connectivity index (χ4v) is 4.96. The Morgan fingerprint density at radius 3 is 2.72 bits per heavy atom. The quantitative estimate of drug-likeness (QED) is 0.485. The summed E-state index contributed by atoms with van der Waals surface area (Å²) in [5.74, 6) is 0. The smallest absolute Gasteiger partial charge is 0.423 e. The van der Waals surface area contributed by atoms with Crippen LogP contribution in [0.4, 0.5) is 0 Å². The van der Waals surface area contributed by atoms with Crippen LogP contribution < -0.4 is 5.46 Å². The minimum absolute atomic E-state index is 0.534. The second-order valence-corrected chi connectivity index (χ2v) is 7.47. The molecular weight excluding hydrogens is 333 g/mol. The summed E-state index contributed by atoms with van der Waals surface area (Å²) in [6.07, 6.45) is 3.09. The molecule has 0 saturated carbocycles. The molecule has 3 aromatic heterocycles. The van der Waals surface area contributed by atoms with Gasteiger partial charge < -0.3 is 10.0 Å². The molecule has 1 aliphatic rings. The SMILES string of the molecule is Cc1[nH]nc2ccc3nc(-c4sccc4B(O)O)c4c(c3c12)CCC4. The lowest BCUT2D eigenvalue weighted by Gasteiger charge is -2.13. The summed E-state index contributed by atoms with van der Waals surface area (Å²) in [5.41, 5.74) is 6.99. The lowest BCUT2D eigenvalue weighted by molar-refractivity contribution is 0.426. The lowest BCUT2D eigenvalue weighted by Crippen LogP contribution is -2.30. The number of nitrogens with zero attached hydrogens (tertiary/aromatic N) is 2. The number of fused-ring (bicyclic) bond motifs is 5. The monoisotopic (exact) mass is 349 g/mol. The zero-order chi connectivity index (χ0) is 17.1. The minimum Gasteiger partial charge on any atom is -0.423 e. The van der Waals surface area contributed by atoms with Gasteiger partial charge in [0, 0.05) is 21.9 Å². The number of aromatic nitrogens is 3. The maximum Gasteiger partial charge on any atom is 0.489 e. The van der Waals surface area contributed by atoms with E-state index in [4.69, 9.17) is 4.98 Å². The third-order valence-electron chi connectivity index (χ3n) is 5.11. The van der Waals surface area contributed by atoms with E-state index in [9.17, 15) is 10.0 Å². The zero-order valence-electron chi connectivity index (χ0n) is 13.7. The van der Waals surface area contributed by atoms with E-state index in [-0.39, 0.29) is 0 Å². The molecule has 0 bridgehead atoms. The number of aryl methyl sites for hydroxylation is 2. The average Bonchev–Trinajstić information content (AvgIpc) is 3.33. The van der Waals surface area contributed by atoms with Crippen molar-refractivity contribution in [2.24, 2.45) is 0 Å². The van der Waals surface area contributed by atoms with Crippen LogP contribution >= 0.6 is 11.3 Å². The van der Waals surface area contributed by atoms with Crippen molar-refractivity contribution in [3.63, 3.8) is 0 Å². The van der Waals surface area contributed by atoms with Gasteiger partial charge in [0.2, 0.25) is 0 Å². The maximum atomic E-state index is 9.69. The molecule has 0 radical (unpaired) electrons. The van der Waals surface area contributed by atoms with Gasteiger partial charge >= 0.3 is 7.12 Å². The van der Waals surface area contributed by atoms with Gasteiger partial charge in [-0.15, -0.1) is 11.3 Å². The third kappa shape index (κ3) is 2.10. The largest absolute Gasteiger partial charge is 0.489 e. The van der Waals surface area contributed by atoms with Crippen molar-refractivity contribution < 1.29 is 10.0 Å². The molecule has 0 spiro atoms. The number of thiophene rings is 1. The van der Waals surface area contributed by atoms with Crippen molar-refractivity contribution in [3.8, 4) is 10.6 Å². The minimum atomic E-state index is -1.48. The van der Waals surface area contributed by atoms with Gasteiger partial charge in [-0.25, -0.2) is 4.98 Å². The Balaban J connectivity index is 1.90. The molecule has 5 nitrogen and oxygen atoms in total. The first kappa shape index (κ1) is 15.1. The van der Waals surface area contributed by atoms with Crippen molar-refractivity contribution >= 4 is 45.7 Å². The van der Waals surface area contributed by atoms with Crippen molar-refractivity contribution in [1.29, 1.82) is 0 Å². The van der Waals surface area contributed by atoms with Gasteiger partial charge in [-0.05, 0) is 54.8 Å². The van der Waals surface area contributed by atoms with Gasteiger partial charge in [0.05, 0.1) is 21.6 Å². The molecule has 25 heavy (non-hydrogen) atoms. The second-order valence-electron chi connectivity index (χ2n) is 6.55. The molecule has 0 fully saturated rings. The summed E-state index contributed by atoms with van der Waals surface area (Å²) in [4.78, 5) is 5.81. The van der Waals surface area contributed by atoms with E-state index in [2.05, 4.69) is 10.2 Å². The number of benzene rings is 1.